The highest BCUT2D eigenvalue weighted by molar-refractivity contribution is 5.83. The van der Waals surface area contributed by atoms with Gasteiger partial charge in [0, 0.05) is 5.92 Å². The van der Waals surface area contributed by atoms with Crippen molar-refractivity contribution in [3.05, 3.63) is 35.4 Å². The second-order valence-electron chi connectivity index (χ2n) is 7.60. The Labute approximate surface area is 132 Å². The van der Waals surface area contributed by atoms with Crippen molar-refractivity contribution >= 4 is 5.91 Å². The molecule has 2 N–H and O–H groups in total. The van der Waals surface area contributed by atoms with Crippen molar-refractivity contribution in [3.8, 4) is 0 Å². The third-order valence-corrected chi connectivity index (χ3v) is 5.93. The van der Waals surface area contributed by atoms with Gasteiger partial charge in [0.1, 0.15) is 0 Å². The summed E-state index contributed by atoms with van der Waals surface area (Å²) in [7, 11) is 0. The van der Waals surface area contributed by atoms with Crippen molar-refractivity contribution in [2.75, 3.05) is 13.1 Å². The van der Waals surface area contributed by atoms with Crippen LogP contribution < -0.4 is 10.6 Å². The van der Waals surface area contributed by atoms with Crippen molar-refractivity contribution in [1.29, 1.82) is 0 Å². The Hall–Kier alpha value is -1.35. The van der Waals surface area contributed by atoms with Gasteiger partial charge in [-0.3, -0.25) is 4.79 Å². The summed E-state index contributed by atoms with van der Waals surface area (Å²) in [6.45, 7) is 4.27. The number of benzene rings is 1. The maximum atomic E-state index is 12.7. The topological polar surface area (TPSA) is 41.1 Å². The quantitative estimate of drug-likeness (QED) is 0.897. The van der Waals surface area contributed by atoms with Crippen molar-refractivity contribution in [3.63, 3.8) is 0 Å². The number of hydrogen-bond donors (Lipinski definition) is 2. The molecule has 1 aromatic rings. The molecule has 1 aromatic carbocycles. The molecule has 3 nitrogen and oxygen atoms in total. The van der Waals surface area contributed by atoms with E-state index >= 15 is 0 Å². The van der Waals surface area contributed by atoms with Crippen molar-refractivity contribution < 1.29 is 4.79 Å². The number of rotatable bonds is 4. The molecule has 0 aromatic heterocycles. The van der Waals surface area contributed by atoms with Gasteiger partial charge in [-0.1, -0.05) is 29.8 Å². The lowest BCUT2D eigenvalue weighted by atomic mass is 9.91. The Kier molecular flexibility index (Phi) is 3.48. The second-order valence-corrected chi connectivity index (χ2v) is 7.60. The molecule has 0 radical (unpaired) electrons. The predicted molar refractivity (Wildman–Crippen MR) is 87.4 cm³/mol. The molecule has 118 valence electrons. The summed E-state index contributed by atoms with van der Waals surface area (Å²) in [6.07, 6.45) is 5.94. The number of carbonyl (C=O) groups is 1. The second kappa shape index (κ2) is 5.38. The van der Waals surface area contributed by atoms with Crippen LogP contribution in [0.5, 0.6) is 0 Å². The largest absolute Gasteiger partial charge is 0.349 e. The van der Waals surface area contributed by atoms with Crippen LogP contribution >= 0.6 is 0 Å². The Balaban J connectivity index is 1.44. The average molecular weight is 298 g/mol. The van der Waals surface area contributed by atoms with Gasteiger partial charge in [0.15, 0.2) is 0 Å². The van der Waals surface area contributed by atoms with Crippen LogP contribution in [0.15, 0.2) is 24.3 Å². The van der Waals surface area contributed by atoms with Crippen LogP contribution in [0.4, 0.5) is 0 Å². The first-order valence-electron chi connectivity index (χ1n) is 8.76. The number of amides is 1. The Bertz CT molecular complexity index is 555. The molecule has 3 fully saturated rings. The number of piperidine rings is 1. The molecule has 22 heavy (non-hydrogen) atoms. The average Bonchev–Trinajstić information content (AvgIpc) is 3.44. The van der Waals surface area contributed by atoms with E-state index in [-0.39, 0.29) is 12.0 Å². The molecule has 3 aliphatic rings. The lowest BCUT2D eigenvalue weighted by Gasteiger charge is -2.24. The monoisotopic (exact) mass is 298 g/mol. The van der Waals surface area contributed by atoms with Gasteiger partial charge in [-0.15, -0.1) is 0 Å². The molecular weight excluding hydrogens is 272 g/mol. The first-order chi connectivity index (χ1) is 10.7. The molecule has 1 saturated heterocycles. The van der Waals surface area contributed by atoms with E-state index in [2.05, 4.69) is 41.8 Å². The fourth-order valence-electron chi connectivity index (χ4n) is 4.13. The molecule has 1 spiro atoms. The summed E-state index contributed by atoms with van der Waals surface area (Å²) >= 11 is 0. The van der Waals surface area contributed by atoms with Crippen molar-refractivity contribution in [2.45, 2.75) is 45.1 Å². The van der Waals surface area contributed by atoms with E-state index in [1.165, 1.54) is 36.8 Å². The number of hydrogen-bond acceptors (Lipinski definition) is 2. The maximum absolute atomic E-state index is 12.7. The number of nitrogens with one attached hydrogen (secondary N) is 2. The lowest BCUT2D eigenvalue weighted by Crippen LogP contribution is -2.35. The van der Waals surface area contributed by atoms with E-state index in [1.807, 2.05) is 0 Å². The van der Waals surface area contributed by atoms with Gasteiger partial charge in [-0.05, 0) is 69.0 Å². The van der Waals surface area contributed by atoms with Gasteiger partial charge in [0.05, 0.1) is 6.04 Å². The SMILES string of the molecule is Cc1ccc(C(NC(=O)C2CC23CCNCC3)C2CC2)cc1. The molecular formula is C19H26N2O. The molecule has 2 saturated carbocycles. The Morgan fingerprint density at radius 3 is 2.55 bits per heavy atom. The van der Waals surface area contributed by atoms with E-state index in [0.29, 0.717) is 17.2 Å². The van der Waals surface area contributed by atoms with E-state index in [9.17, 15) is 4.79 Å². The normalized spacial score (nSPS) is 27.4. The summed E-state index contributed by atoms with van der Waals surface area (Å²) < 4.78 is 0. The highest BCUT2D eigenvalue weighted by Crippen LogP contribution is 2.59. The van der Waals surface area contributed by atoms with Crippen molar-refractivity contribution in [2.24, 2.45) is 17.3 Å². The summed E-state index contributed by atoms with van der Waals surface area (Å²) in [6, 6.07) is 8.91. The third kappa shape index (κ3) is 2.67. The minimum atomic E-state index is 0.229. The standard InChI is InChI=1S/C19H26N2O/c1-13-2-4-14(5-3-13)17(15-6-7-15)21-18(22)16-12-19(16)8-10-20-11-9-19/h2-5,15-17,20H,6-12H2,1H3,(H,21,22). The zero-order valence-electron chi connectivity index (χ0n) is 13.4. The molecule has 1 amide bonds. The molecule has 2 unspecified atom stereocenters. The van der Waals surface area contributed by atoms with E-state index in [0.717, 1.165) is 19.5 Å². The van der Waals surface area contributed by atoms with Gasteiger partial charge in [0.2, 0.25) is 5.91 Å². The minimum absolute atomic E-state index is 0.229. The van der Waals surface area contributed by atoms with Gasteiger partial charge in [-0.2, -0.15) is 0 Å². The fraction of sp³-hybridized carbons (Fsp3) is 0.632. The van der Waals surface area contributed by atoms with Gasteiger partial charge < -0.3 is 10.6 Å². The molecule has 3 heteroatoms. The van der Waals surface area contributed by atoms with E-state index in [1.54, 1.807) is 0 Å². The van der Waals surface area contributed by atoms with Gasteiger partial charge in [0.25, 0.3) is 0 Å². The Morgan fingerprint density at radius 2 is 1.91 bits per heavy atom. The third-order valence-electron chi connectivity index (χ3n) is 5.93. The molecule has 1 aliphatic heterocycles. The fourth-order valence-corrected chi connectivity index (χ4v) is 4.13. The van der Waals surface area contributed by atoms with Crippen molar-refractivity contribution in [1.82, 2.24) is 10.6 Å². The molecule has 0 bridgehead atoms. The van der Waals surface area contributed by atoms with Gasteiger partial charge in [-0.25, -0.2) is 0 Å². The van der Waals surface area contributed by atoms with Crippen LogP contribution in [0.3, 0.4) is 0 Å². The summed E-state index contributed by atoms with van der Waals surface area (Å²) in [4.78, 5) is 12.7. The van der Waals surface area contributed by atoms with E-state index in [4.69, 9.17) is 0 Å². The van der Waals surface area contributed by atoms with Crippen LogP contribution in [0.25, 0.3) is 0 Å². The van der Waals surface area contributed by atoms with Crippen LogP contribution in [0, 0.1) is 24.2 Å². The maximum Gasteiger partial charge on any atom is 0.224 e. The summed E-state index contributed by atoms with van der Waals surface area (Å²) in [5.41, 5.74) is 2.89. The smallest absolute Gasteiger partial charge is 0.224 e. The van der Waals surface area contributed by atoms with Crippen LogP contribution in [0.1, 0.15) is 49.3 Å². The zero-order chi connectivity index (χ0) is 15.2. The lowest BCUT2D eigenvalue weighted by molar-refractivity contribution is -0.124. The molecule has 4 rings (SSSR count). The Morgan fingerprint density at radius 1 is 1.23 bits per heavy atom. The highest BCUT2D eigenvalue weighted by Gasteiger charge is 2.58. The molecule has 2 atom stereocenters. The van der Waals surface area contributed by atoms with E-state index < -0.39 is 0 Å². The summed E-state index contributed by atoms with van der Waals surface area (Å²) in [5.74, 6) is 1.22. The van der Waals surface area contributed by atoms with Crippen LogP contribution in [0.2, 0.25) is 0 Å². The number of aryl methyl sites for hydroxylation is 1. The number of carbonyl (C=O) groups excluding carboxylic acids is 1. The summed E-state index contributed by atoms with van der Waals surface area (Å²) in [5, 5.41) is 6.80. The van der Waals surface area contributed by atoms with Crippen LogP contribution in [-0.4, -0.2) is 19.0 Å². The minimum Gasteiger partial charge on any atom is -0.349 e. The highest BCUT2D eigenvalue weighted by atomic mass is 16.2. The predicted octanol–water partition coefficient (Wildman–Crippen LogP) is 2.95. The first-order valence-corrected chi connectivity index (χ1v) is 8.76. The zero-order valence-corrected chi connectivity index (χ0v) is 13.4. The van der Waals surface area contributed by atoms with Gasteiger partial charge >= 0.3 is 0 Å². The molecule has 2 aliphatic carbocycles. The van der Waals surface area contributed by atoms with Crippen LogP contribution in [-0.2, 0) is 4.79 Å². The molecule has 1 heterocycles. The first kappa shape index (κ1) is 14.3.